The highest BCUT2D eigenvalue weighted by Crippen LogP contribution is 2.32. The first kappa shape index (κ1) is 22.2. The number of benzene rings is 3. The molecule has 0 aliphatic rings. The third kappa shape index (κ3) is 4.45. The summed E-state index contributed by atoms with van der Waals surface area (Å²) in [6.45, 7) is 3.55. The molecule has 0 bridgehead atoms. The number of anilines is 2. The number of hydrogen-bond acceptors (Lipinski definition) is 5. The number of halogens is 1. The highest BCUT2D eigenvalue weighted by Gasteiger charge is 2.24. The van der Waals surface area contributed by atoms with E-state index in [0.717, 1.165) is 5.56 Å². The van der Waals surface area contributed by atoms with Crippen molar-refractivity contribution in [2.45, 2.75) is 23.8 Å². The number of hydrogen-bond donors (Lipinski definition) is 2. The maximum atomic E-state index is 13.0. The molecule has 1 heterocycles. The van der Waals surface area contributed by atoms with Gasteiger partial charge in [-0.3, -0.25) is 9.44 Å². The van der Waals surface area contributed by atoms with E-state index in [9.17, 15) is 16.8 Å². The van der Waals surface area contributed by atoms with E-state index in [1.165, 1.54) is 30.3 Å². The zero-order valence-corrected chi connectivity index (χ0v) is 19.5. The highest BCUT2D eigenvalue weighted by molar-refractivity contribution is 7.93. The molecule has 0 spiro atoms. The largest absolute Gasteiger partial charge is 0.443 e. The third-order valence-electron chi connectivity index (χ3n) is 4.76. The number of para-hydroxylation sites is 1. The van der Waals surface area contributed by atoms with Crippen LogP contribution in [0.4, 0.5) is 11.4 Å². The van der Waals surface area contributed by atoms with E-state index in [0.29, 0.717) is 16.5 Å². The molecule has 7 nitrogen and oxygen atoms in total. The maximum absolute atomic E-state index is 13.0. The van der Waals surface area contributed by atoms with Gasteiger partial charge in [-0.05, 0) is 49.7 Å². The Hall–Kier alpha value is -3.01. The van der Waals surface area contributed by atoms with Crippen molar-refractivity contribution in [1.82, 2.24) is 0 Å². The summed E-state index contributed by atoms with van der Waals surface area (Å²) in [7, 11) is -8.15. The Balaban J connectivity index is 1.70. The standard InChI is InChI=1S/C22H19ClN2O5S2/c1-14-7-10-21(15(2)11-14)31(26,27)24-18-9-8-17(23)13-19(18)25-32(28,29)22-12-16-5-3-4-6-20(16)30-22/h3-13,24-25H,1-2H3. The van der Waals surface area contributed by atoms with Crippen molar-refractivity contribution in [3.63, 3.8) is 0 Å². The Morgan fingerprint density at radius 2 is 1.50 bits per heavy atom. The van der Waals surface area contributed by atoms with Crippen LogP contribution < -0.4 is 9.44 Å². The van der Waals surface area contributed by atoms with Crippen LogP contribution in [0.1, 0.15) is 11.1 Å². The summed E-state index contributed by atoms with van der Waals surface area (Å²) >= 11 is 6.05. The van der Waals surface area contributed by atoms with Crippen LogP contribution in [0, 0.1) is 13.8 Å². The second-order valence-corrected chi connectivity index (χ2v) is 11.0. The van der Waals surface area contributed by atoms with Crippen LogP contribution in [0.15, 0.2) is 81.1 Å². The van der Waals surface area contributed by atoms with Gasteiger partial charge in [-0.15, -0.1) is 0 Å². The topological polar surface area (TPSA) is 105 Å². The van der Waals surface area contributed by atoms with Gasteiger partial charge in [-0.25, -0.2) is 8.42 Å². The number of nitrogens with one attached hydrogen (secondary N) is 2. The van der Waals surface area contributed by atoms with Crippen LogP contribution in [-0.2, 0) is 20.0 Å². The van der Waals surface area contributed by atoms with Crippen molar-refractivity contribution >= 4 is 54.0 Å². The lowest BCUT2D eigenvalue weighted by Crippen LogP contribution is -2.18. The van der Waals surface area contributed by atoms with Gasteiger partial charge >= 0.3 is 0 Å². The first-order chi connectivity index (χ1) is 15.0. The van der Waals surface area contributed by atoms with Crippen molar-refractivity contribution in [2.24, 2.45) is 0 Å². The first-order valence-corrected chi connectivity index (χ1v) is 12.8. The molecule has 166 valence electrons. The molecule has 3 aromatic carbocycles. The van der Waals surface area contributed by atoms with Gasteiger partial charge in [0.05, 0.1) is 16.3 Å². The lowest BCUT2D eigenvalue weighted by molar-refractivity contribution is 0.484. The van der Waals surface area contributed by atoms with Crippen molar-refractivity contribution in [2.75, 3.05) is 9.44 Å². The summed E-state index contributed by atoms with van der Waals surface area (Å²) in [4.78, 5) is 0.0872. The molecule has 0 saturated heterocycles. The minimum atomic E-state index is -4.16. The summed E-state index contributed by atoms with van der Waals surface area (Å²) in [5.41, 5.74) is 1.89. The van der Waals surface area contributed by atoms with Crippen molar-refractivity contribution < 1.29 is 21.3 Å². The number of furan rings is 1. The van der Waals surface area contributed by atoms with Gasteiger partial charge in [0.1, 0.15) is 5.58 Å². The van der Waals surface area contributed by atoms with E-state index in [4.69, 9.17) is 16.0 Å². The predicted molar refractivity (Wildman–Crippen MR) is 125 cm³/mol. The molecule has 0 amide bonds. The fraction of sp³-hybridized carbons (Fsp3) is 0.0909. The van der Waals surface area contributed by atoms with Gasteiger partial charge in [0.25, 0.3) is 20.0 Å². The predicted octanol–water partition coefficient (Wildman–Crippen LogP) is 5.30. The Labute approximate surface area is 191 Å². The van der Waals surface area contributed by atoms with Gasteiger partial charge in [-0.1, -0.05) is 47.5 Å². The molecule has 1 aromatic heterocycles. The van der Waals surface area contributed by atoms with Crippen LogP contribution in [0.2, 0.25) is 5.02 Å². The van der Waals surface area contributed by atoms with Crippen molar-refractivity contribution in [3.8, 4) is 0 Å². The minimum absolute atomic E-state index is 0.0223. The molecule has 0 atom stereocenters. The van der Waals surface area contributed by atoms with E-state index in [-0.39, 0.29) is 26.4 Å². The van der Waals surface area contributed by atoms with Crippen LogP contribution in [0.25, 0.3) is 11.0 Å². The Morgan fingerprint density at radius 3 is 2.22 bits per heavy atom. The van der Waals surface area contributed by atoms with Crippen molar-refractivity contribution in [3.05, 3.63) is 82.9 Å². The SMILES string of the molecule is Cc1ccc(S(=O)(=O)Nc2ccc(Cl)cc2NS(=O)(=O)c2cc3ccccc3o2)c(C)c1. The molecule has 4 rings (SSSR count). The van der Waals surface area contributed by atoms with Crippen LogP contribution in [0.3, 0.4) is 0 Å². The Morgan fingerprint density at radius 1 is 0.781 bits per heavy atom. The van der Waals surface area contributed by atoms with E-state index >= 15 is 0 Å². The average molecular weight is 491 g/mol. The number of rotatable bonds is 6. The normalized spacial score (nSPS) is 12.1. The van der Waals surface area contributed by atoms with E-state index in [1.54, 1.807) is 43.3 Å². The van der Waals surface area contributed by atoms with Gasteiger partial charge in [0, 0.05) is 16.5 Å². The monoisotopic (exact) mass is 490 g/mol. The molecule has 0 saturated carbocycles. The molecule has 4 aromatic rings. The molecule has 0 fully saturated rings. The summed E-state index contributed by atoms with van der Waals surface area (Å²) in [5.74, 6) is 0. The molecule has 2 N–H and O–H groups in total. The van der Waals surface area contributed by atoms with Crippen molar-refractivity contribution in [1.29, 1.82) is 0 Å². The Bertz CT molecular complexity index is 1510. The number of sulfonamides is 2. The average Bonchev–Trinajstić information content (AvgIpc) is 3.15. The molecule has 0 aliphatic heterocycles. The second-order valence-electron chi connectivity index (χ2n) is 7.27. The van der Waals surface area contributed by atoms with Crippen LogP contribution >= 0.6 is 11.6 Å². The molecular weight excluding hydrogens is 472 g/mol. The fourth-order valence-electron chi connectivity index (χ4n) is 3.28. The molecule has 0 radical (unpaired) electrons. The molecule has 10 heteroatoms. The maximum Gasteiger partial charge on any atom is 0.295 e. The quantitative estimate of drug-likeness (QED) is 0.381. The first-order valence-electron chi connectivity index (χ1n) is 9.46. The fourth-order valence-corrected chi connectivity index (χ4v) is 5.80. The zero-order chi connectivity index (χ0) is 23.1. The number of fused-ring (bicyclic) bond motifs is 1. The molecule has 0 unspecified atom stereocenters. The van der Waals surface area contributed by atoms with Gasteiger partial charge in [-0.2, -0.15) is 8.42 Å². The van der Waals surface area contributed by atoms with Gasteiger partial charge in [0.2, 0.25) is 5.09 Å². The Kier molecular flexibility index (Phi) is 5.66. The molecule has 32 heavy (non-hydrogen) atoms. The molecular formula is C22H19ClN2O5S2. The highest BCUT2D eigenvalue weighted by atomic mass is 35.5. The summed E-state index contributed by atoms with van der Waals surface area (Å²) < 4.78 is 62.1. The molecule has 0 aliphatic carbocycles. The smallest absolute Gasteiger partial charge is 0.295 e. The zero-order valence-electron chi connectivity index (χ0n) is 17.1. The van der Waals surface area contributed by atoms with E-state index < -0.39 is 20.0 Å². The minimum Gasteiger partial charge on any atom is -0.443 e. The third-order valence-corrected chi connectivity index (χ3v) is 7.74. The summed E-state index contributed by atoms with van der Waals surface area (Å²) in [5, 5.41) is 0.540. The van der Waals surface area contributed by atoms with Gasteiger partial charge in [0.15, 0.2) is 0 Å². The summed E-state index contributed by atoms with van der Waals surface area (Å²) in [6, 6.07) is 17.4. The second kappa shape index (κ2) is 8.16. The lowest BCUT2D eigenvalue weighted by atomic mass is 10.2. The summed E-state index contributed by atoms with van der Waals surface area (Å²) in [6.07, 6.45) is 0. The van der Waals surface area contributed by atoms with Crippen LogP contribution in [-0.4, -0.2) is 16.8 Å². The lowest BCUT2D eigenvalue weighted by Gasteiger charge is -2.15. The number of aryl methyl sites for hydroxylation is 2. The van der Waals surface area contributed by atoms with Gasteiger partial charge < -0.3 is 4.42 Å². The van der Waals surface area contributed by atoms with Crippen LogP contribution in [0.5, 0.6) is 0 Å². The van der Waals surface area contributed by atoms with E-state index in [2.05, 4.69) is 9.44 Å². The van der Waals surface area contributed by atoms with E-state index in [1.807, 2.05) is 6.92 Å².